The van der Waals surface area contributed by atoms with Crippen molar-refractivity contribution < 1.29 is 9.53 Å². The van der Waals surface area contributed by atoms with E-state index in [2.05, 4.69) is 10.4 Å². The Hall–Kier alpha value is -1.36. The minimum absolute atomic E-state index is 0.185. The zero-order valence-corrected chi connectivity index (χ0v) is 11.6. The Morgan fingerprint density at radius 2 is 2.28 bits per heavy atom. The summed E-state index contributed by atoms with van der Waals surface area (Å²) in [5.41, 5.74) is 1.12. The van der Waals surface area contributed by atoms with Crippen LogP contribution >= 0.6 is 0 Å². The lowest BCUT2D eigenvalue weighted by Crippen LogP contribution is -2.42. The van der Waals surface area contributed by atoms with Crippen LogP contribution in [-0.4, -0.2) is 34.4 Å². The molecule has 0 saturated heterocycles. The third kappa shape index (κ3) is 4.87. The van der Waals surface area contributed by atoms with Crippen molar-refractivity contribution in [2.75, 3.05) is 6.61 Å². The zero-order valence-electron chi connectivity index (χ0n) is 11.6. The molecule has 0 aliphatic carbocycles. The maximum absolute atomic E-state index is 11.8. The van der Waals surface area contributed by atoms with Gasteiger partial charge < -0.3 is 10.1 Å². The summed E-state index contributed by atoms with van der Waals surface area (Å²) in [5.74, 6) is -0.185. The maximum atomic E-state index is 11.8. The number of aromatic nitrogens is 2. The van der Waals surface area contributed by atoms with Gasteiger partial charge in [-0.1, -0.05) is 13.8 Å². The number of carbonyl (C=O) groups excluding carboxylic acids is 1. The van der Waals surface area contributed by atoms with Gasteiger partial charge in [0.15, 0.2) is 0 Å². The lowest BCUT2D eigenvalue weighted by atomic mass is 10.2. The Morgan fingerprint density at radius 3 is 2.78 bits per heavy atom. The number of carbonyl (C=O) groups is 1. The van der Waals surface area contributed by atoms with E-state index in [1.165, 1.54) is 0 Å². The van der Waals surface area contributed by atoms with E-state index in [0.717, 1.165) is 5.56 Å². The van der Waals surface area contributed by atoms with Crippen molar-refractivity contribution in [1.82, 2.24) is 15.1 Å². The van der Waals surface area contributed by atoms with Gasteiger partial charge in [0.25, 0.3) is 0 Å². The van der Waals surface area contributed by atoms with E-state index in [9.17, 15) is 4.79 Å². The summed E-state index contributed by atoms with van der Waals surface area (Å²) >= 11 is 0. The molecular weight excluding hydrogens is 230 g/mol. The number of aryl methyl sites for hydroxylation is 2. The van der Waals surface area contributed by atoms with E-state index >= 15 is 0 Å². The third-order valence-corrected chi connectivity index (χ3v) is 2.51. The van der Waals surface area contributed by atoms with Crippen LogP contribution in [0.15, 0.2) is 12.4 Å². The molecule has 0 fully saturated rings. The number of nitrogens with zero attached hydrogens (tertiary/aromatic N) is 2. The van der Waals surface area contributed by atoms with Crippen molar-refractivity contribution in [2.45, 2.75) is 52.7 Å². The average molecular weight is 253 g/mol. The molecule has 0 radical (unpaired) electrons. The molecule has 1 heterocycles. The molecule has 0 amide bonds. The summed E-state index contributed by atoms with van der Waals surface area (Å²) in [5, 5.41) is 7.43. The Morgan fingerprint density at radius 1 is 1.56 bits per heavy atom. The minimum atomic E-state index is -0.269. The summed E-state index contributed by atoms with van der Waals surface area (Å²) in [6, 6.07) is -0.0202. The average Bonchev–Trinajstić information content (AvgIpc) is 2.70. The van der Waals surface area contributed by atoms with E-state index in [1.807, 2.05) is 44.8 Å². The molecule has 0 spiro atoms. The number of rotatable bonds is 7. The van der Waals surface area contributed by atoms with Crippen LogP contribution in [0, 0.1) is 6.92 Å². The Balaban J connectivity index is 2.52. The van der Waals surface area contributed by atoms with E-state index in [0.29, 0.717) is 19.6 Å². The van der Waals surface area contributed by atoms with Gasteiger partial charge in [-0.05, 0) is 25.8 Å². The summed E-state index contributed by atoms with van der Waals surface area (Å²) in [4.78, 5) is 11.8. The van der Waals surface area contributed by atoms with Crippen LogP contribution in [0.2, 0.25) is 0 Å². The summed E-state index contributed by atoms with van der Waals surface area (Å²) in [7, 11) is 0. The van der Waals surface area contributed by atoms with Crippen LogP contribution in [0.3, 0.4) is 0 Å². The first-order chi connectivity index (χ1) is 8.52. The number of ether oxygens (including phenoxy) is 1. The van der Waals surface area contributed by atoms with Gasteiger partial charge in [0.1, 0.15) is 6.04 Å². The number of hydrogen-bond acceptors (Lipinski definition) is 4. The number of esters is 1. The molecule has 0 bridgehead atoms. The van der Waals surface area contributed by atoms with Gasteiger partial charge in [0.2, 0.25) is 0 Å². The monoisotopic (exact) mass is 253 g/mol. The number of hydrogen-bond donors (Lipinski definition) is 1. The Labute approximate surface area is 109 Å². The van der Waals surface area contributed by atoms with Crippen molar-refractivity contribution in [3.63, 3.8) is 0 Å². The quantitative estimate of drug-likeness (QED) is 0.748. The highest BCUT2D eigenvalue weighted by Gasteiger charge is 2.20. The highest BCUT2D eigenvalue weighted by atomic mass is 16.5. The molecule has 1 N–H and O–H groups in total. The Kier molecular flexibility index (Phi) is 5.85. The van der Waals surface area contributed by atoms with Crippen LogP contribution in [0.4, 0.5) is 0 Å². The molecule has 1 unspecified atom stereocenters. The first-order valence-electron chi connectivity index (χ1n) is 6.44. The van der Waals surface area contributed by atoms with Crippen LogP contribution in [0.1, 0.15) is 32.8 Å². The number of nitrogens with one attached hydrogen (secondary N) is 1. The fraction of sp³-hybridized carbons (Fsp3) is 0.692. The summed E-state index contributed by atoms with van der Waals surface area (Å²) in [6.45, 7) is 8.97. The maximum Gasteiger partial charge on any atom is 0.323 e. The van der Waals surface area contributed by atoms with Gasteiger partial charge in [-0.15, -0.1) is 0 Å². The van der Waals surface area contributed by atoms with Crippen molar-refractivity contribution in [2.24, 2.45) is 0 Å². The van der Waals surface area contributed by atoms with Crippen LogP contribution in [-0.2, 0) is 16.1 Å². The minimum Gasteiger partial charge on any atom is -0.465 e. The van der Waals surface area contributed by atoms with Gasteiger partial charge in [-0.2, -0.15) is 5.10 Å². The van der Waals surface area contributed by atoms with Gasteiger partial charge in [-0.25, -0.2) is 0 Å². The van der Waals surface area contributed by atoms with Gasteiger partial charge in [0.05, 0.1) is 12.8 Å². The second-order valence-corrected chi connectivity index (χ2v) is 4.70. The predicted molar refractivity (Wildman–Crippen MR) is 70.3 cm³/mol. The molecule has 5 nitrogen and oxygen atoms in total. The normalized spacial score (nSPS) is 12.7. The molecule has 0 aliphatic rings. The molecule has 0 saturated carbocycles. The fourth-order valence-electron chi connectivity index (χ4n) is 1.77. The van der Waals surface area contributed by atoms with Gasteiger partial charge in [0, 0.05) is 18.8 Å². The van der Waals surface area contributed by atoms with Crippen molar-refractivity contribution >= 4 is 5.97 Å². The topological polar surface area (TPSA) is 56.2 Å². The molecule has 1 aromatic rings. The standard InChI is InChI=1S/C13H23N3O2/c1-5-18-13(17)12(15-10(2)3)6-7-16-9-11(4)8-14-16/h8-10,12,15H,5-7H2,1-4H3. The zero-order chi connectivity index (χ0) is 13.5. The molecule has 1 rings (SSSR count). The van der Waals surface area contributed by atoms with E-state index in [-0.39, 0.29) is 18.1 Å². The van der Waals surface area contributed by atoms with Crippen molar-refractivity contribution in [1.29, 1.82) is 0 Å². The predicted octanol–water partition coefficient (Wildman–Crippen LogP) is 1.51. The highest BCUT2D eigenvalue weighted by Crippen LogP contribution is 2.02. The third-order valence-electron chi connectivity index (χ3n) is 2.51. The summed E-state index contributed by atoms with van der Waals surface area (Å²) in [6.07, 6.45) is 4.46. The lowest BCUT2D eigenvalue weighted by Gasteiger charge is -2.19. The fourth-order valence-corrected chi connectivity index (χ4v) is 1.77. The molecule has 5 heteroatoms. The van der Waals surface area contributed by atoms with Gasteiger partial charge >= 0.3 is 5.97 Å². The Bertz CT molecular complexity index is 374. The molecule has 0 aromatic carbocycles. The molecule has 102 valence electrons. The second-order valence-electron chi connectivity index (χ2n) is 4.70. The SMILES string of the molecule is CCOC(=O)C(CCn1cc(C)cn1)NC(C)C. The second kappa shape index (κ2) is 7.16. The van der Waals surface area contributed by atoms with Crippen LogP contribution < -0.4 is 5.32 Å². The van der Waals surface area contributed by atoms with E-state index in [4.69, 9.17) is 4.74 Å². The van der Waals surface area contributed by atoms with Gasteiger partial charge in [-0.3, -0.25) is 9.48 Å². The van der Waals surface area contributed by atoms with Crippen LogP contribution in [0.5, 0.6) is 0 Å². The smallest absolute Gasteiger partial charge is 0.323 e. The lowest BCUT2D eigenvalue weighted by molar-refractivity contribution is -0.146. The van der Waals surface area contributed by atoms with Crippen molar-refractivity contribution in [3.8, 4) is 0 Å². The molecular formula is C13H23N3O2. The van der Waals surface area contributed by atoms with E-state index < -0.39 is 0 Å². The molecule has 1 aromatic heterocycles. The molecule has 18 heavy (non-hydrogen) atoms. The largest absolute Gasteiger partial charge is 0.465 e. The highest BCUT2D eigenvalue weighted by molar-refractivity contribution is 5.75. The molecule has 1 atom stereocenters. The van der Waals surface area contributed by atoms with Crippen LogP contribution in [0.25, 0.3) is 0 Å². The summed E-state index contributed by atoms with van der Waals surface area (Å²) < 4.78 is 6.92. The van der Waals surface area contributed by atoms with Crippen molar-refractivity contribution in [3.05, 3.63) is 18.0 Å². The van der Waals surface area contributed by atoms with E-state index in [1.54, 1.807) is 0 Å². The molecule has 0 aliphatic heterocycles. The first-order valence-corrected chi connectivity index (χ1v) is 6.44. The first kappa shape index (κ1) is 14.7.